The van der Waals surface area contributed by atoms with E-state index in [0.29, 0.717) is 19.0 Å². The third-order valence-corrected chi connectivity index (χ3v) is 4.41. The summed E-state index contributed by atoms with van der Waals surface area (Å²) in [6, 6.07) is 10.3. The van der Waals surface area contributed by atoms with Gasteiger partial charge in [-0.3, -0.25) is 4.99 Å². The molecule has 0 atom stereocenters. The Bertz CT molecular complexity index is 594. The zero-order chi connectivity index (χ0) is 17.8. The smallest absolute Gasteiger partial charge is 0.191 e. The molecular weight excluding hydrogens is 451 g/mol. The maximum absolute atomic E-state index is 11.2. The highest BCUT2D eigenvalue weighted by Gasteiger charge is 2.04. The second-order valence-corrected chi connectivity index (χ2v) is 7.85. The van der Waals surface area contributed by atoms with Crippen molar-refractivity contribution in [2.24, 2.45) is 4.99 Å². The average molecular weight is 482 g/mol. The minimum absolute atomic E-state index is 0. The van der Waals surface area contributed by atoms with E-state index < -0.39 is 9.84 Å². The van der Waals surface area contributed by atoms with Gasteiger partial charge in [0.1, 0.15) is 9.84 Å². The predicted molar refractivity (Wildman–Crippen MR) is 118 cm³/mol. The van der Waals surface area contributed by atoms with E-state index in [1.54, 1.807) is 0 Å². The lowest BCUT2D eigenvalue weighted by atomic mass is 10.2. The topological polar surface area (TPSA) is 73.8 Å². The molecule has 0 saturated heterocycles. The van der Waals surface area contributed by atoms with Crippen molar-refractivity contribution in [3.05, 3.63) is 30.3 Å². The number of para-hydroxylation sites is 1. The Morgan fingerprint density at radius 3 is 2.40 bits per heavy atom. The molecule has 6 nitrogen and oxygen atoms in total. The number of nitrogens with zero attached hydrogens (tertiary/aromatic N) is 2. The van der Waals surface area contributed by atoms with Crippen molar-refractivity contribution in [1.29, 1.82) is 0 Å². The summed E-state index contributed by atoms with van der Waals surface area (Å²) in [6.07, 6.45) is 2.17. The SMILES string of the molecule is CCNC(=NCCCN(CC)c1ccccc1)NCCS(C)(=O)=O.I. The number of benzene rings is 1. The van der Waals surface area contributed by atoms with Gasteiger partial charge in [0.15, 0.2) is 5.96 Å². The highest BCUT2D eigenvalue weighted by Crippen LogP contribution is 2.12. The van der Waals surface area contributed by atoms with Gasteiger partial charge in [0.05, 0.1) is 5.75 Å². The summed E-state index contributed by atoms with van der Waals surface area (Å²) in [4.78, 5) is 6.82. The number of nitrogens with one attached hydrogen (secondary N) is 2. The Kier molecular flexibility index (Phi) is 12.7. The highest BCUT2D eigenvalue weighted by molar-refractivity contribution is 14.0. The molecule has 0 amide bonds. The third-order valence-electron chi connectivity index (χ3n) is 3.47. The molecule has 25 heavy (non-hydrogen) atoms. The first kappa shape index (κ1) is 24.0. The fourth-order valence-corrected chi connectivity index (χ4v) is 2.73. The van der Waals surface area contributed by atoms with Gasteiger partial charge in [-0.25, -0.2) is 8.42 Å². The van der Waals surface area contributed by atoms with Crippen LogP contribution in [0.4, 0.5) is 5.69 Å². The zero-order valence-corrected chi connectivity index (χ0v) is 18.5. The summed E-state index contributed by atoms with van der Waals surface area (Å²) in [7, 11) is -2.96. The van der Waals surface area contributed by atoms with Crippen molar-refractivity contribution >= 4 is 45.5 Å². The molecule has 0 heterocycles. The average Bonchev–Trinajstić information content (AvgIpc) is 2.54. The van der Waals surface area contributed by atoms with Gasteiger partial charge >= 0.3 is 0 Å². The first-order valence-corrected chi connectivity index (χ1v) is 10.5. The number of rotatable bonds is 10. The van der Waals surface area contributed by atoms with Gasteiger partial charge in [-0.15, -0.1) is 24.0 Å². The Morgan fingerprint density at radius 1 is 1.16 bits per heavy atom. The molecule has 144 valence electrons. The summed E-state index contributed by atoms with van der Waals surface area (Å²) in [5.74, 6) is 0.776. The Morgan fingerprint density at radius 2 is 1.84 bits per heavy atom. The number of guanidine groups is 1. The quantitative estimate of drug-likeness (QED) is 0.231. The fourth-order valence-electron chi connectivity index (χ4n) is 2.26. The Labute approximate surface area is 169 Å². The van der Waals surface area contributed by atoms with Crippen LogP contribution in [0.1, 0.15) is 20.3 Å². The van der Waals surface area contributed by atoms with E-state index in [-0.39, 0.29) is 29.7 Å². The number of sulfone groups is 1. The molecule has 0 aromatic heterocycles. The molecule has 2 N–H and O–H groups in total. The molecule has 0 aliphatic carbocycles. The van der Waals surface area contributed by atoms with Crippen LogP contribution in [0, 0.1) is 0 Å². The summed E-state index contributed by atoms with van der Waals surface area (Å²) in [5, 5.41) is 6.19. The van der Waals surface area contributed by atoms with Crippen LogP contribution >= 0.6 is 24.0 Å². The summed E-state index contributed by atoms with van der Waals surface area (Å²) >= 11 is 0. The summed E-state index contributed by atoms with van der Waals surface area (Å²) < 4.78 is 22.3. The minimum Gasteiger partial charge on any atom is -0.372 e. The molecule has 0 aliphatic rings. The first-order chi connectivity index (χ1) is 11.5. The molecule has 0 unspecified atom stereocenters. The number of halogens is 1. The fraction of sp³-hybridized carbons (Fsp3) is 0.588. The molecule has 8 heteroatoms. The van der Waals surface area contributed by atoms with E-state index in [1.807, 2.05) is 25.1 Å². The van der Waals surface area contributed by atoms with Crippen LogP contribution in [-0.4, -0.2) is 59.1 Å². The normalized spacial score (nSPS) is 11.6. The third kappa shape index (κ3) is 11.2. The second kappa shape index (κ2) is 13.2. The van der Waals surface area contributed by atoms with Crippen LogP contribution in [0.15, 0.2) is 35.3 Å². The molecule has 1 aromatic rings. The first-order valence-electron chi connectivity index (χ1n) is 8.46. The molecule has 0 radical (unpaired) electrons. The van der Waals surface area contributed by atoms with Gasteiger partial charge in [-0.05, 0) is 32.4 Å². The van der Waals surface area contributed by atoms with E-state index in [0.717, 1.165) is 26.1 Å². The van der Waals surface area contributed by atoms with Crippen LogP contribution in [0.3, 0.4) is 0 Å². The van der Waals surface area contributed by atoms with Gasteiger partial charge in [0.25, 0.3) is 0 Å². The van der Waals surface area contributed by atoms with Gasteiger partial charge in [-0.2, -0.15) is 0 Å². The van der Waals surface area contributed by atoms with Crippen molar-refractivity contribution in [3.63, 3.8) is 0 Å². The summed E-state index contributed by atoms with van der Waals surface area (Å²) in [6.45, 7) is 7.84. The van der Waals surface area contributed by atoms with E-state index in [2.05, 4.69) is 39.6 Å². The summed E-state index contributed by atoms with van der Waals surface area (Å²) in [5.41, 5.74) is 1.22. The molecule has 0 aliphatic heterocycles. The van der Waals surface area contributed by atoms with E-state index in [1.165, 1.54) is 11.9 Å². The van der Waals surface area contributed by atoms with Crippen molar-refractivity contribution in [3.8, 4) is 0 Å². The lowest BCUT2D eigenvalue weighted by molar-refractivity contribution is 0.600. The van der Waals surface area contributed by atoms with Crippen LogP contribution in [0.5, 0.6) is 0 Å². The molecule has 0 fully saturated rings. The monoisotopic (exact) mass is 482 g/mol. The number of anilines is 1. The largest absolute Gasteiger partial charge is 0.372 e. The van der Waals surface area contributed by atoms with Gasteiger partial charge in [-0.1, -0.05) is 18.2 Å². The maximum atomic E-state index is 11.2. The lowest BCUT2D eigenvalue weighted by Gasteiger charge is -2.22. The van der Waals surface area contributed by atoms with E-state index in [4.69, 9.17) is 0 Å². The predicted octanol–water partition coefficient (Wildman–Crippen LogP) is 2.12. The van der Waals surface area contributed by atoms with Crippen molar-refractivity contribution in [2.75, 3.05) is 49.6 Å². The minimum atomic E-state index is -2.96. The van der Waals surface area contributed by atoms with Gasteiger partial charge < -0.3 is 15.5 Å². The Hall–Kier alpha value is -1.03. The molecule has 0 bridgehead atoms. The second-order valence-electron chi connectivity index (χ2n) is 5.59. The van der Waals surface area contributed by atoms with Gasteiger partial charge in [0.2, 0.25) is 0 Å². The lowest BCUT2D eigenvalue weighted by Crippen LogP contribution is -2.39. The number of hydrogen-bond acceptors (Lipinski definition) is 4. The van der Waals surface area contributed by atoms with Crippen molar-refractivity contribution in [2.45, 2.75) is 20.3 Å². The Balaban J connectivity index is 0.00000576. The van der Waals surface area contributed by atoms with Crippen molar-refractivity contribution in [1.82, 2.24) is 10.6 Å². The number of aliphatic imine (C=N–C) groups is 1. The van der Waals surface area contributed by atoms with Gasteiger partial charge in [0, 0.05) is 44.7 Å². The standard InChI is InChI=1S/C17H30N4O2S.HI/c1-4-18-17(20-13-15-24(3,22)23)19-12-9-14-21(5-2)16-10-7-6-8-11-16;/h6-8,10-11H,4-5,9,12-15H2,1-3H3,(H2,18,19,20);1H. The maximum Gasteiger partial charge on any atom is 0.191 e. The zero-order valence-electron chi connectivity index (χ0n) is 15.4. The van der Waals surface area contributed by atoms with Crippen LogP contribution in [0.2, 0.25) is 0 Å². The van der Waals surface area contributed by atoms with E-state index in [9.17, 15) is 8.42 Å². The van der Waals surface area contributed by atoms with Crippen LogP contribution in [-0.2, 0) is 9.84 Å². The van der Waals surface area contributed by atoms with Crippen LogP contribution < -0.4 is 15.5 Å². The molecule has 1 aromatic carbocycles. The highest BCUT2D eigenvalue weighted by atomic mass is 127. The molecule has 0 saturated carbocycles. The number of hydrogen-bond donors (Lipinski definition) is 2. The molecular formula is C17H31IN4O2S. The van der Waals surface area contributed by atoms with E-state index >= 15 is 0 Å². The molecule has 0 spiro atoms. The van der Waals surface area contributed by atoms with Crippen molar-refractivity contribution < 1.29 is 8.42 Å². The molecule has 1 rings (SSSR count). The van der Waals surface area contributed by atoms with Crippen LogP contribution in [0.25, 0.3) is 0 Å².